The molecule has 1 saturated carbocycles. The van der Waals surface area contributed by atoms with Crippen molar-refractivity contribution in [2.45, 2.75) is 21.6 Å². The van der Waals surface area contributed by atoms with Crippen LogP contribution in [0.4, 0.5) is 0 Å². The quantitative estimate of drug-likeness (QED) is 0.893. The Balaban J connectivity index is 2.02. The van der Waals surface area contributed by atoms with Crippen molar-refractivity contribution in [3.05, 3.63) is 65.2 Å². The molecule has 0 saturated heterocycles. The first-order valence-electron chi connectivity index (χ1n) is 6.94. The molecule has 0 unspecified atom stereocenters. The summed E-state index contributed by atoms with van der Waals surface area (Å²) in [5.74, 6) is -0.319. The van der Waals surface area contributed by atoms with Gasteiger partial charge < -0.3 is 11.5 Å². The first-order valence-corrected chi connectivity index (χ1v) is 8.87. The van der Waals surface area contributed by atoms with Crippen molar-refractivity contribution in [2.75, 3.05) is 6.54 Å². The van der Waals surface area contributed by atoms with Gasteiger partial charge in [0.15, 0.2) is 9.84 Å². The van der Waals surface area contributed by atoms with E-state index in [0.29, 0.717) is 5.02 Å². The summed E-state index contributed by atoms with van der Waals surface area (Å²) in [6, 6.07) is 15.4. The summed E-state index contributed by atoms with van der Waals surface area (Å²) in [5, 5.41) is -0.115. The van der Waals surface area contributed by atoms with Crippen LogP contribution in [0, 0.1) is 0 Å². The van der Waals surface area contributed by atoms with Gasteiger partial charge in [0.25, 0.3) is 0 Å². The van der Waals surface area contributed by atoms with Crippen LogP contribution in [0.3, 0.4) is 0 Å². The van der Waals surface area contributed by atoms with E-state index < -0.39 is 20.6 Å². The lowest BCUT2D eigenvalue weighted by atomic mass is 10.1. The number of sulfone groups is 1. The van der Waals surface area contributed by atoms with Crippen LogP contribution in [0.5, 0.6) is 0 Å². The van der Waals surface area contributed by atoms with Crippen molar-refractivity contribution >= 4 is 21.4 Å². The van der Waals surface area contributed by atoms with Crippen LogP contribution >= 0.6 is 11.6 Å². The van der Waals surface area contributed by atoms with Crippen LogP contribution in [0.25, 0.3) is 0 Å². The molecule has 0 heterocycles. The van der Waals surface area contributed by atoms with Gasteiger partial charge in [0.05, 0.1) is 15.7 Å². The van der Waals surface area contributed by atoms with E-state index in [1.54, 1.807) is 42.5 Å². The second-order valence-electron chi connectivity index (χ2n) is 5.62. The molecule has 2 aromatic carbocycles. The maximum Gasteiger partial charge on any atom is 0.183 e. The Morgan fingerprint density at radius 3 is 2.18 bits per heavy atom. The van der Waals surface area contributed by atoms with Crippen molar-refractivity contribution < 1.29 is 8.42 Å². The number of halogens is 1. The van der Waals surface area contributed by atoms with Gasteiger partial charge in [0, 0.05) is 17.5 Å². The molecular weight excluding hydrogens is 320 g/mol. The van der Waals surface area contributed by atoms with Gasteiger partial charge in [-0.05, 0) is 29.8 Å². The van der Waals surface area contributed by atoms with Crippen LogP contribution in [-0.4, -0.2) is 25.8 Å². The molecule has 4 nitrogen and oxygen atoms in total. The molecule has 22 heavy (non-hydrogen) atoms. The molecule has 0 aromatic heterocycles. The Hall–Kier alpha value is -1.40. The largest absolute Gasteiger partial charge is 0.329 e. The van der Waals surface area contributed by atoms with E-state index in [-0.39, 0.29) is 17.4 Å². The highest BCUT2D eigenvalue weighted by Crippen LogP contribution is 2.55. The minimum absolute atomic E-state index is 0.108. The summed E-state index contributed by atoms with van der Waals surface area (Å²) in [6.07, 6.45) is 0. The first-order chi connectivity index (χ1) is 10.4. The maximum atomic E-state index is 12.9. The zero-order valence-electron chi connectivity index (χ0n) is 11.8. The summed E-state index contributed by atoms with van der Waals surface area (Å²) < 4.78 is 25.7. The summed E-state index contributed by atoms with van der Waals surface area (Å²) in [7, 11) is -3.53. The monoisotopic (exact) mass is 336 g/mol. The van der Waals surface area contributed by atoms with E-state index in [2.05, 4.69) is 0 Å². The third kappa shape index (κ3) is 2.34. The zero-order valence-corrected chi connectivity index (χ0v) is 13.4. The summed E-state index contributed by atoms with van der Waals surface area (Å²) in [5.41, 5.74) is 12.0. The third-order valence-electron chi connectivity index (χ3n) is 4.29. The smallest absolute Gasteiger partial charge is 0.183 e. The Bertz CT molecular complexity index is 778. The minimum Gasteiger partial charge on any atom is -0.329 e. The van der Waals surface area contributed by atoms with E-state index in [9.17, 15) is 8.42 Å². The molecule has 0 amide bonds. The van der Waals surface area contributed by atoms with Crippen molar-refractivity contribution in [3.63, 3.8) is 0 Å². The Kier molecular flexibility index (Phi) is 3.77. The van der Waals surface area contributed by atoms with E-state index in [1.807, 2.05) is 12.1 Å². The molecule has 3 rings (SSSR count). The number of benzene rings is 2. The van der Waals surface area contributed by atoms with Crippen LogP contribution in [0.15, 0.2) is 59.5 Å². The maximum absolute atomic E-state index is 12.9. The van der Waals surface area contributed by atoms with Gasteiger partial charge >= 0.3 is 0 Å². The van der Waals surface area contributed by atoms with Crippen LogP contribution in [0.2, 0.25) is 5.02 Å². The molecule has 1 aliphatic rings. The SMILES string of the molecule is NC[C@]1(N)[C@@H](c2ccc(Cl)cc2)[C@@H]1S(=O)(=O)c1ccccc1. The van der Waals surface area contributed by atoms with Crippen molar-refractivity contribution in [3.8, 4) is 0 Å². The Morgan fingerprint density at radius 2 is 1.64 bits per heavy atom. The second-order valence-corrected chi connectivity index (χ2v) is 8.13. The molecule has 3 atom stereocenters. The van der Waals surface area contributed by atoms with E-state index in [1.165, 1.54) is 0 Å². The predicted molar refractivity (Wildman–Crippen MR) is 87.6 cm³/mol. The third-order valence-corrected chi connectivity index (χ3v) is 6.85. The molecule has 2 aromatic rings. The van der Waals surface area contributed by atoms with Crippen LogP contribution in [0.1, 0.15) is 11.5 Å². The number of hydrogen-bond donors (Lipinski definition) is 2. The number of hydrogen-bond acceptors (Lipinski definition) is 4. The molecule has 116 valence electrons. The molecular formula is C16H17ClN2O2S. The Labute approximate surface area is 135 Å². The molecule has 0 aliphatic heterocycles. The van der Waals surface area contributed by atoms with Crippen LogP contribution in [-0.2, 0) is 9.84 Å². The van der Waals surface area contributed by atoms with Gasteiger partial charge in [-0.2, -0.15) is 0 Å². The highest BCUT2D eigenvalue weighted by molar-refractivity contribution is 7.92. The lowest BCUT2D eigenvalue weighted by Crippen LogP contribution is -2.39. The molecule has 1 fully saturated rings. The fourth-order valence-electron chi connectivity index (χ4n) is 3.05. The predicted octanol–water partition coefficient (Wildman–Crippen LogP) is 1.94. The molecule has 6 heteroatoms. The minimum atomic E-state index is -3.53. The average Bonchev–Trinajstić information content (AvgIpc) is 3.17. The fraction of sp³-hybridized carbons (Fsp3) is 0.250. The average molecular weight is 337 g/mol. The van der Waals surface area contributed by atoms with Crippen molar-refractivity contribution in [1.29, 1.82) is 0 Å². The highest BCUT2D eigenvalue weighted by atomic mass is 35.5. The molecule has 0 radical (unpaired) electrons. The van der Waals surface area contributed by atoms with E-state index in [0.717, 1.165) is 5.56 Å². The lowest BCUT2D eigenvalue weighted by Gasteiger charge is -2.08. The van der Waals surface area contributed by atoms with Gasteiger partial charge in [-0.25, -0.2) is 8.42 Å². The van der Waals surface area contributed by atoms with Gasteiger partial charge in [0.2, 0.25) is 0 Å². The summed E-state index contributed by atoms with van der Waals surface area (Å²) in [4.78, 5) is 0.278. The lowest BCUT2D eigenvalue weighted by molar-refractivity contribution is 0.586. The molecule has 0 spiro atoms. The van der Waals surface area contributed by atoms with E-state index >= 15 is 0 Å². The molecule has 0 bridgehead atoms. The topological polar surface area (TPSA) is 86.2 Å². The Morgan fingerprint density at radius 1 is 1.05 bits per heavy atom. The van der Waals surface area contributed by atoms with Crippen LogP contribution < -0.4 is 11.5 Å². The zero-order chi connectivity index (χ0) is 16.0. The fourth-order valence-corrected chi connectivity index (χ4v) is 5.51. The van der Waals surface area contributed by atoms with Gasteiger partial charge in [-0.1, -0.05) is 41.9 Å². The van der Waals surface area contributed by atoms with E-state index in [4.69, 9.17) is 23.1 Å². The first kappa shape index (κ1) is 15.5. The van der Waals surface area contributed by atoms with Gasteiger partial charge in [-0.3, -0.25) is 0 Å². The van der Waals surface area contributed by atoms with Gasteiger partial charge in [0.1, 0.15) is 0 Å². The summed E-state index contributed by atoms with van der Waals surface area (Å²) in [6.45, 7) is 0.108. The number of nitrogens with two attached hydrogens (primary N) is 2. The van der Waals surface area contributed by atoms with Crippen molar-refractivity contribution in [2.24, 2.45) is 11.5 Å². The second kappa shape index (κ2) is 5.35. The highest BCUT2D eigenvalue weighted by Gasteiger charge is 2.68. The summed E-state index contributed by atoms with van der Waals surface area (Å²) >= 11 is 5.89. The van der Waals surface area contributed by atoms with Gasteiger partial charge in [-0.15, -0.1) is 0 Å². The number of rotatable bonds is 4. The molecule has 1 aliphatic carbocycles. The van der Waals surface area contributed by atoms with Crippen molar-refractivity contribution in [1.82, 2.24) is 0 Å². The normalized spacial score (nSPS) is 27.6. The standard InChI is InChI=1S/C16H17ClN2O2S/c17-12-8-6-11(7-9-12)14-15(16(14,19)10-18)22(20,21)13-4-2-1-3-5-13/h1-9,14-15H,10,18-19H2/t14-,15-,16-/m0/s1. The molecule has 4 N–H and O–H groups in total.